The van der Waals surface area contributed by atoms with Gasteiger partial charge in [-0.3, -0.25) is 14.6 Å². The van der Waals surface area contributed by atoms with E-state index in [1.807, 2.05) is 0 Å². The topological polar surface area (TPSA) is 50.3 Å². The first-order chi connectivity index (χ1) is 10.2. The number of pyridine rings is 1. The smallest absolute Gasteiger partial charge is 0.255 e. The predicted octanol–water partition coefficient (Wildman–Crippen LogP) is 2.58. The first kappa shape index (κ1) is 14.2. The zero-order chi connectivity index (χ0) is 14.8. The lowest BCUT2D eigenvalue weighted by Gasteiger charge is -2.33. The van der Waals surface area contributed by atoms with Crippen molar-refractivity contribution in [2.75, 3.05) is 6.54 Å². The van der Waals surface area contributed by atoms with Gasteiger partial charge in [-0.25, -0.2) is 4.39 Å². The van der Waals surface area contributed by atoms with Crippen molar-refractivity contribution in [3.05, 3.63) is 29.8 Å². The van der Waals surface area contributed by atoms with Gasteiger partial charge in [0.1, 0.15) is 11.6 Å². The Morgan fingerprint density at radius 1 is 1.24 bits per heavy atom. The Hall–Kier alpha value is -1.78. The summed E-state index contributed by atoms with van der Waals surface area (Å²) in [6.07, 6.45) is 7.76. The van der Waals surface area contributed by atoms with Crippen LogP contribution < -0.4 is 0 Å². The number of halogens is 1. The fourth-order valence-electron chi connectivity index (χ4n) is 3.57. The Labute approximate surface area is 123 Å². The van der Waals surface area contributed by atoms with E-state index in [2.05, 4.69) is 4.98 Å². The molecule has 1 aliphatic heterocycles. The molecule has 0 spiro atoms. The van der Waals surface area contributed by atoms with E-state index in [-0.39, 0.29) is 29.2 Å². The molecule has 2 fully saturated rings. The highest BCUT2D eigenvalue weighted by atomic mass is 19.1. The third-order valence-corrected chi connectivity index (χ3v) is 4.58. The summed E-state index contributed by atoms with van der Waals surface area (Å²) < 4.78 is 13.2. The fourth-order valence-corrected chi connectivity index (χ4v) is 3.57. The van der Waals surface area contributed by atoms with Gasteiger partial charge in [0.05, 0.1) is 11.8 Å². The molecule has 1 aromatic heterocycles. The molecule has 1 saturated heterocycles. The van der Waals surface area contributed by atoms with Crippen molar-refractivity contribution in [1.82, 2.24) is 9.88 Å². The molecule has 2 atom stereocenters. The van der Waals surface area contributed by atoms with Gasteiger partial charge < -0.3 is 4.90 Å². The molecule has 2 unspecified atom stereocenters. The molecule has 5 heteroatoms. The van der Waals surface area contributed by atoms with Crippen LogP contribution in [0.3, 0.4) is 0 Å². The van der Waals surface area contributed by atoms with Crippen molar-refractivity contribution in [3.8, 4) is 0 Å². The number of carbonyl (C=O) groups excluding carboxylic acids is 2. The molecule has 2 heterocycles. The molecular formula is C16H19FN2O2. The van der Waals surface area contributed by atoms with E-state index in [0.29, 0.717) is 13.0 Å². The van der Waals surface area contributed by atoms with Gasteiger partial charge in [-0.15, -0.1) is 0 Å². The van der Waals surface area contributed by atoms with Crippen LogP contribution in [0.2, 0.25) is 0 Å². The van der Waals surface area contributed by atoms with Gasteiger partial charge in [-0.2, -0.15) is 0 Å². The largest absolute Gasteiger partial charge is 0.335 e. The van der Waals surface area contributed by atoms with Gasteiger partial charge in [-0.1, -0.05) is 6.42 Å². The minimum absolute atomic E-state index is 0.0198. The lowest BCUT2D eigenvalue weighted by Crippen LogP contribution is -2.43. The summed E-state index contributed by atoms with van der Waals surface area (Å²) in [5.74, 6) is -0.469. The lowest BCUT2D eigenvalue weighted by atomic mass is 9.81. The number of likely N-dealkylation sites (tertiary alicyclic amines) is 1. The first-order valence-corrected chi connectivity index (χ1v) is 7.61. The van der Waals surface area contributed by atoms with Crippen molar-refractivity contribution in [2.24, 2.45) is 5.92 Å². The summed E-state index contributed by atoms with van der Waals surface area (Å²) in [6.45, 7) is 0.643. The van der Waals surface area contributed by atoms with E-state index in [1.165, 1.54) is 12.3 Å². The molecule has 112 valence electrons. The van der Waals surface area contributed by atoms with Crippen molar-refractivity contribution < 1.29 is 14.0 Å². The molecule has 0 aromatic carbocycles. The molecule has 0 radical (unpaired) electrons. The Balaban J connectivity index is 1.80. The molecule has 1 aliphatic carbocycles. The maximum absolute atomic E-state index is 13.2. The van der Waals surface area contributed by atoms with Crippen LogP contribution >= 0.6 is 0 Å². The third kappa shape index (κ3) is 2.82. The number of ketones is 1. The zero-order valence-corrected chi connectivity index (χ0v) is 11.9. The average molecular weight is 290 g/mol. The average Bonchev–Trinajstić information content (AvgIpc) is 2.96. The number of amides is 1. The summed E-state index contributed by atoms with van der Waals surface area (Å²) in [4.78, 5) is 30.2. The zero-order valence-electron chi connectivity index (χ0n) is 11.9. The molecule has 2 aliphatic rings. The van der Waals surface area contributed by atoms with Gasteiger partial charge >= 0.3 is 0 Å². The van der Waals surface area contributed by atoms with Crippen LogP contribution in [0.15, 0.2) is 18.5 Å². The van der Waals surface area contributed by atoms with Gasteiger partial charge in [0.2, 0.25) is 0 Å². The number of nitrogens with zero attached hydrogens (tertiary/aromatic N) is 2. The minimum Gasteiger partial charge on any atom is -0.335 e. The highest BCUT2D eigenvalue weighted by Gasteiger charge is 2.39. The number of hydrogen-bond donors (Lipinski definition) is 0. The number of rotatable bonds is 2. The Morgan fingerprint density at radius 3 is 2.86 bits per heavy atom. The van der Waals surface area contributed by atoms with E-state index in [9.17, 15) is 14.0 Å². The van der Waals surface area contributed by atoms with Gasteiger partial charge in [-0.05, 0) is 31.7 Å². The summed E-state index contributed by atoms with van der Waals surface area (Å²) in [5.41, 5.74) is 0.269. The number of hydrogen-bond acceptors (Lipinski definition) is 3. The minimum atomic E-state index is -0.509. The quantitative estimate of drug-likeness (QED) is 0.841. The number of Topliss-reactive ketones (excluding diaryl/α,β-unsaturated/α-hetero) is 1. The van der Waals surface area contributed by atoms with Crippen molar-refractivity contribution in [1.29, 1.82) is 0 Å². The van der Waals surface area contributed by atoms with Crippen LogP contribution in [0.4, 0.5) is 4.39 Å². The summed E-state index contributed by atoms with van der Waals surface area (Å²) in [7, 11) is 0. The second-order valence-electron chi connectivity index (χ2n) is 5.92. The van der Waals surface area contributed by atoms with E-state index in [1.54, 1.807) is 4.90 Å². The van der Waals surface area contributed by atoms with E-state index < -0.39 is 5.82 Å². The molecule has 1 amide bonds. The summed E-state index contributed by atoms with van der Waals surface area (Å²) in [5, 5.41) is 0. The van der Waals surface area contributed by atoms with Crippen molar-refractivity contribution in [2.45, 2.75) is 44.6 Å². The maximum Gasteiger partial charge on any atom is 0.255 e. The van der Waals surface area contributed by atoms with E-state index in [4.69, 9.17) is 0 Å². The normalized spacial score (nSPS) is 26.1. The van der Waals surface area contributed by atoms with Crippen LogP contribution in [0, 0.1) is 11.7 Å². The predicted molar refractivity (Wildman–Crippen MR) is 75.2 cm³/mol. The molecule has 4 nitrogen and oxygen atoms in total. The highest BCUT2D eigenvalue weighted by Crippen LogP contribution is 2.33. The fraction of sp³-hybridized carbons (Fsp3) is 0.562. The first-order valence-electron chi connectivity index (χ1n) is 7.61. The molecular weight excluding hydrogens is 271 g/mol. The van der Waals surface area contributed by atoms with Crippen LogP contribution in [0.1, 0.15) is 48.9 Å². The van der Waals surface area contributed by atoms with Gasteiger partial charge in [0, 0.05) is 31.1 Å². The Bertz CT molecular complexity index is 561. The second-order valence-corrected chi connectivity index (χ2v) is 5.92. The highest BCUT2D eigenvalue weighted by molar-refractivity contribution is 5.95. The second kappa shape index (κ2) is 5.92. The molecule has 0 bridgehead atoms. The van der Waals surface area contributed by atoms with Crippen molar-refractivity contribution >= 4 is 11.7 Å². The van der Waals surface area contributed by atoms with Gasteiger partial charge in [0.25, 0.3) is 5.91 Å². The van der Waals surface area contributed by atoms with Crippen LogP contribution in [-0.2, 0) is 4.79 Å². The molecule has 1 saturated carbocycles. The lowest BCUT2D eigenvalue weighted by molar-refractivity contribution is -0.126. The standard InChI is InChI=1S/C16H19FN2O2/c17-12-8-11(9-18-10-12)16(21)19-7-3-5-14(19)13-4-1-2-6-15(13)20/h8-10,13-14H,1-7H2. The number of carbonyl (C=O) groups is 2. The number of aromatic nitrogens is 1. The molecule has 3 rings (SSSR count). The maximum atomic E-state index is 13.2. The Kier molecular flexibility index (Phi) is 3.99. The van der Waals surface area contributed by atoms with E-state index >= 15 is 0 Å². The summed E-state index contributed by atoms with van der Waals surface area (Å²) >= 11 is 0. The van der Waals surface area contributed by atoms with Crippen LogP contribution in [-0.4, -0.2) is 34.2 Å². The van der Waals surface area contributed by atoms with Crippen molar-refractivity contribution in [3.63, 3.8) is 0 Å². The third-order valence-electron chi connectivity index (χ3n) is 4.58. The molecule has 0 N–H and O–H groups in total. The van der Waals surface area contributed by atoms with Crippen LogP contribution in [0.5, 0.6) is 0 Å². The monoisotopic (exact) mass is 290 g/mol. The molecule has 1 aromatic rings. The van der Waals surface area contributed by atoms with Crippen LogP contribution in [0.25, 0.3) is 0 Å². The SMILES string of the molecule is O=C1CCCCC1C1CCCN1C(=O)c1cncc(F)c1. The summed E-state index contributed by atoms with van der Waals surface area (Å²) in [6, 6.07) is 1.20. The molecule has 21 heavy (non-hydrogen) atoms. The Morgan fingerprint density at radius 2 is 2.10 bits per heavy atom. The van der Waals surface area contributed by atoms with E-state index in [0.717, 1.165) is 38.3 Å². The van der Waals surface area contributed by atoms with Gasteiger partial charge in [0.15, 0.2) is 0 Å².